The molecule has 6 nitrogen and oxygen atoms in total. The monoisotopic (exact) mass is 378 g/mol. The lowest BCUT2D eigenvalue weighted by Gasteiger charge is -2.12. The van der Waals surface area contributed by atoms with Crippen molar-refractivity contribution >= 4 is 51.7 Å². The Morgan fingerprint density at radius 1 is 1.13 bits per heavy atom. The summed E-state index contributed by atoms with van der Waals surface area (Å²) in [5.41, 5.74) is -0.139. The molecule has 0 bridgehead atoms. The van der Waals surface area contributed by atoms with Gasteiger partial charge < -0.3 is 20.3 Å². The summed E-state index contributed by atoms with van der Waals surface area (Å²) in [6.07, 6.45) is 0. The summed E-state index contributed by atoms with van der Waals surface area (Å²) in [6, 6.07) is 5.48. The van der Waals surface area contributed by atoms with Gasteiger partial charge in [0.2, 0.25) is 0 Å². The van der Waals surface area contributed by atoms with Gasteiger partial charge in [-0.05, 0) is 24.3 Å². The number of hydrogen-bond acceptors (Lipinski definition) is 3. The maximum absolute atomic E-state index is 13.3. The quantitative estimate of drug-likeness (QED) is 0.477. The van der Waals surface area contributed by atoms with E-state index in [9.17, 15) is 18.5 Å². The Hall–Kier alpha value is -1.87. The van der Waals surface area contributed by atoms with Crippen LogP contribution in [0.4, 0.5) is 20.6 Å². The van der Waals surface area contributed by atoms with Crippen LogP contribution in [0.25, 0.3) is 0 Å². The van der Waals surface area contributed by atoms with Crippen molar-refractivity contribution in [1.29, 1.82) is 0 Å². The first-order valence-corrected chi connectivity index (χ1v) is 7.82. The van der Waals surface area contributed by atoms with E-state index in [2.05, 4.69) is 10.6 Å². The van der Waals surface area contributed by atoms with E-state index in [0.29, 0.717) is 0 Å². The maximum Gasteiger partial charge on any atom is 0.323 e. The number of phenolic OH excluding ortho intramolecular Hbond substituents is 1. The average molecular weight is 379 g/mol. The molecular weight excluding hydrogens is 370 g/mol. The first kappa shape index (κ1) is 17.5. The number of urea groups is 1. The van der Waals surface area contributed by atoms with Crippen LogP contribution in [0.3, 0.4) is 0 Å². The van der Waals surface area contributed by atoms with E-state index in [1.54, 1.807) is 0 Å². The number of benzene rings is 2. The highest BCUT2D eigenvalue weighted by Crippen LogP contribution is 2.35. The van der Waals surface area contributed by atoms with E-state index in [-0.39, 0.29) is 21.4 Å². The first-order valence-electron chi connectivity index (χ1n) is 5.95. The van der Waals surface area contributed by atoms with Crippen LogP contribution < -0.4 is 10.6 Å². The third-order valence-electron chi connectivity index (χ3n) is 2.71. The molecule has 1 atom stereocenters. The van der Waals surface area contributed by atoms with E-state index in [4.69, 9.17) is 27.8 Å². The van der Waals surface area contributed by atoms with E-state index < -0.39 is 33.6 Å². The van der Waals surface area contributed by atoms with Crippen molar-refractivity contribution in [3.05, 3.63) is 46.2 Å². The van der Waals surface area contributed by atoms with Crippen LogP contribution in [0.5, 0.6) is 5.75 Å². The van der Waals surface area contributed by atoms with E-state index in [0.717, 1.165) is 6.07 Å². The molecule has 0 fully saturated rings. The molecule has 2 aromatic carbocycles. The Labute approximate surface area is 142 Å². The van der Waals surface area contributed by atoms with Crippen LogP contribution in [0, 0.1) is 5.82 Å². The number of nitrogens with one attached hydrogen (secondary N) is 2. The molecule has 23 heavy (non-hydrogen) atoms. The van der Waals surface area contributed by atoms with E-state index in [1.807, 2.05) is 0 Å². The van der Waals surface area contributed by atoms with Gasteiger partial charge in [0, 0.05) is 0 Å². The lowest BCUT2D eigenvalue weighted by atomic mass is 10.3. The molecule has 0 aromatic heterocycles. The van der Waals surface area contributed by atoms with Gasteiger partial charge >= 0.3 is 6.03 Å². The average Bonchev–Trinajstić information content (AvgIpc) is 2.47. The lowest BCUT2D eigenvalue weighted by molar-refractivity contribution is 0.262. The number of anilines is 2. The van der Waals surface area contributed by atoms with Crippen LogP contribution in [-0.4, -0.2) is 19.9 Å². The maximum atomic E-state index is 13.3. The summed E-state index contributed by atoms with van der Waals surface area (Å²) in [6.45, 7) is 0. The number of hydrogen-bond donors (Lipinski definition) is 4. The molecule has 0 aliphatic carbocycles. The second kappa shape index (κ2) is 7.14. The minimum atomic E-state index is -2.55. The van der Waals surface area contributed by atoms with Gasteiger partial charge in [0.1, 0.15) is 10.7 Å². The number of carbonyl (C=O) groups excluding carboxylic acids is 1. The van der Waals surface area contributed by atoms with Gasteiger partial charge in [-0.1, -0.05) is 29.3 Å². The highest BCUT2D eigenvalue weighted by Gasteiger charge is 2.18. The smallest absolute Gasteiger partial charge is 0.323 e. The third-order valence-corrected chi connectivity index (χ3v) is 4.28. The molecular formula is C13H9Cl2FN2O4S. The normalized spacial score (nSPS) is 11.8. The second-order valence-corrected chi connectivity index (χ2v) is 5.89. The number of aromatic hydroxyl groups is 1. The SMILES string of the molecule is O=C(Nc1ccc(Cl)c(S(=O)O)c1O)Nc1cccc(F)c1Cl. The van der Waals surface area contributed by atoms with Crippen LogP contribution in [0.15, 0.2) is 35.2 Å². The molecule has 0 heterocycles. The zero-order chi connectivity index (χ0) is 17.1. The summed E-state index contributed by atoms with van der Waals surface area (Å²) in [5, 5.41) is 14.0. The van der Waals surface area contributed by atoms with Crippen molar-refractivity contribution in [2.45, 2.75) is 4.90 Å². The first-order chi connectivity index (χ1) is 10.8. The van der Waals surface area contributed by atoms with Gasteiger partial charge in [-0.3, -0.25) is 0 Å². The van der Waals surface area contributed by atoms with Crippen molar-refractivity contribution in [3.63, 3.8) is 0 Å². The van der Waals surface area contributed by atoms with Crippen LogP contribution in [0.2, 0.25) is 10.0 Å². The molecule has 0 aliphatic heterocycles. The van der Waals surface area contributed by atoms with E-state index >= 15 is 0 Å². The fourth-order valence-corrected chi connectivity index (χ4v) is 2.72. The number of amides is 2. The lowest BCUT2D eigenvalue weighted by Crippen LogP contribution is -2.20. The van der Waals surface area contributed by atoms with E-state index in [1.165, 1.54) is 24.3 Å². The molecule has 2 rings (SSSR count). The van der Waals surface area contributed by atoms with Crippen molar-refractivity contribution in [1.82, 2.24) is 0 Å². The van der Waals surface area contributed by atoms with Crippen LogP contribution in [-0.2, 0) is 11.1 Å². The highest BCUT2D eigenvalue weighted by atomic mass is 35.5. The molecule has 0 saturated carbocycles. The van der Waals surface area contributed by atoms with Crippen LogP contribution >= 0.6 is 23.2 Å². The molecule has 0 radical (unpaired) electrons. The second-order valence-electron chi connectivity index (χ2n) is 4.20. The van der Waals surface area contributed by atoms with Gasteiger partial charge in [0.05, 0.1) is 21.4 Å². The fraction of sp³-hybridized carbons (Fsp3) is 0. The van der Waals surface area contributed by atoms with Crippen LogP contribution in [0.1, 0.15) is 0 Å². The topological polar surface area (TPSA) is 98.7 Å². The molecule has 2 aromatic rings. The van der Waals surface area contributed by atoms with Gasteiger partial charge in [-0.15, -0.1) is 0 Å². The minimum absolute atomic E-state index is 0.0172. The molecule has 122 valence electrons. The van der Waals surface area contributed by atoms with Crippen molar-refractivity contribution < 1.29 is 23.1 Å². The summed E-state index contributed by atoms with van der Waals surface area (Å²) in [4.78, 5) is 11.4. The molecule has 4 N–H and O–H groups in total. The Balaban J connectivity index is 2.23. The fourth-order valence-electron chi connectivity index (χ4n) is 1.69. The van der Waals surface area contributed by atoms with Crippen molar-refractivity contribution in [3.8, 4) is 5.75 Å². The largest absolute Gasteiger partial charge is 0.504 e. The van der Waals surface area contributed by atoms with Gasteiger partial charge in [0.25, 0.3) is 0 Å². The Morgan fingerprint density at radius 3 is 2.43 bits per heavy atom. The predicted octanol–water partition coefficient (Wildman–Crippen LogP) is 4.06. The Bertz CT molecular complexity index is 804. The standard InChI is InChI=1S/C13H9Cl2FN2O4S/c14-6-4-5-9(11(19)12(6)23(21)22)18-13(20)17-8-3-1-2-7(16)10(8)15/h1-5,19H,(H,21,22)(H2,17,18,20). The number of rotatable bonds is 3. The number of halogens is 3. The third kappa shape index (κ3) is 3.91. The molecule has 0 saturated heterocycles. The summed E-state index contributed by atoms with van der Waals surface area (Å²) in [5.74, 6) is -1.37. The Kier molecular flexibility index (Phi) is 5.42. The highest BCUT2D eigenvalue weighted by molar-refractivity contribution is 7.79. The van der Waals surface area contributed by atoms with Crippen molar-refractivity contribution in [2.75, 3.05) is 10.6 Å². The molecule has 1 unspecified atom stereocenters. The summed E-state index contributed by atoms with van der Waals surface area (Å²) < 4.78 is 33.5. The molecule has 0 aliphatic rings. The molecule has 2 amide bonds. The minimum Gasteiger partial charge on any atom is -0.504 e. The van der Waals surface area contributed by atoms with Gasteiger partial charge in [0.15, 0.2) is 16.8 Å². The van der Waals surface area contributed by atoms with Gasteiger partial charge in [-0.2, -0.15) is 0 Å². The van der Waals surface area contributed by atoms with Gasteiger partial charge in [-0.25, -0.2) is 13.4 Å². The Morgan fingerprint density at radius 2 is 1.78 bits per heavy atom. The zero-order valence-electron chi connectivity index (χ0n) is 11.1. The summed E-state index contributed by atoms with van der Waals surface area (Å²) >= 11 is 8.86. The summed E-state index contributed by atoms with van der Waals surface area (Å²) in [7, 11) is 0. The molecule has 0 spiro atoms. The molecule has 10 heteroatoms. The zero-order valence-corrected chi connectivity index (χ0v) is 13.5. The predicted molar refractivity (Wildman–Crippen MR) is 86.2 cm³/mol. The number of carbonyl (C=O) groups is 1. The van der Waals surface area contributed by atoms with Crippen molar-refractivity contribution in [2.24, 2.45) is 0 Å². The number of phenols is 1.